The molecule has 0 aromatic heterocycles. The van der Waals surface area contributed by atoms with Crippen LogP contribution in [0.2, 0.25) is 5.02 Å². The Bertz CT molecular complexity index is 930. The maximum Gasteiger partial charge on any atom is 0.236 e. The molecular weight excluding hydrogens is 464 g/mol. The maximum atomic E-state index is 12.1. The second-order valence-corrected chi connectivity index (χ2v) is 9.30. The SMILES string of the molecule is CCCC(=O)N1CCN(c2ccc(NC(=S)NC(=O)CSc3ccc(Cl)cc3)cc2)CC1. The van der Waals surface area contributed by atoms with Crippen molar-refractivity contribution in [3.63, 3.8) is 0 Å². The van der Waals surface area contributed by atoms with E-state index >= 15 is 0 Å². The smallest absolute Gasteiger partial charge is 0.236 e. The summed E-state index contributed by atoms with van der Waals surface area (Å²) in [6.45, 7) is 5.18. The number of thiocarbonyl (C=S) groups is 1. The van der Waals surface area contributed by atoms with E-state index in [0.717, 1.165) is 48.9 Å². The number of nitrogens with zero attached hydrogens (tertiary/aromatic N) is 2. The number of hydrogen-bond acceptors (Lipinski definition) is 5. The Morgan fingerprint density at radius 1 is 1.03 bits per heavy atom. The number of hydrogen-bond donors (Lipinski definition) is 2. The Kier molecular flexibility index (Phi) is 9.20. The molecule has 2 aromatic rings. The number of thioether (sulfide) groups is 1. The van der Waals surface area contributed by atoms with E-state index in [1.807, 2.05) is 48.2 Å². The summed E-state index contributed by atoms with van der Waals surface area (Å²) in [7, 11) is 0. The largest absolute Gasteiger partial charge is 0.368 e. The summed E-state index contributed by atoms with van der Waals surface area (Å²) in [5, 5.41) is 6.68. The molecule has 0 unspecified atom stereocenters. The number of halogens is 1. The number of carbonyl (C=O) groups excluding carboxylic acids is 2. The van der Waals surface area contributed by atoms with Crippen LogP contribution in [0.1, 0.15) is 19.8 Å². The Morgan fingerprint density at radius 3 is 2.31 bits per heavy atom. The van der Waals surface area contributed by atoms with Gasteiger partial charge < -0.3 is 20.4 Å². The lowest BCUT2D eigenvalue weighted by molar-refractivity contribution is -0.131. The first-order valence-corrected chi connectivity index (χ1v) is 12.3. The zero-order chi connectivity index (χ0) is 22.9. The van der Waals surface area contributed by atoms with E-state index in [1.165, 1.54) is 11.8 Å². The van der Waals surface area contributed by atoms with Crippen LogP contribution in [0.3, 0.4) is 0 Å². The second-order valence-electron chi connectivity index (χ2n) is 7.41. The van der Waals surface area contributed by atoms with Crippen molar-refractivity contribution in [1.29, 1.82) is 0 Å². The Morgan fingerprint density at radius 2 is 1.69 bits per heavy atom. The number of piperazine rings is 1. The van der Waals surface area contributed by atoms with Gasteiger partial charge in [0.2, 0.25) is 11.8 Å². The van der Waals surface area contributed by atoms with E-state index in [-0.39, 0.29) is 22.7 Å². The average molecular weight is 491 g/mol. The molecule has 9 heteroatoms. The minimum absolute atomic E-state index is 0.172. The van der Waals surface area contributed by atoms with E-state index < -0.39 is 0 Å². The maximum absolute atomic E-state index is 12.1. The van der Waals surface area contributed by atoms with E-state index in [4.69, 9.17) is 23.8 Å². The van der Waals surface area contributed by atoms with Gasteiger partial charge in [-0.1, -0.05) is 18.5 Å². The molecule has 0 atom stereocenters. The second kappa shape index (κ2) is 12.1. The van der Waals surface area contributed by atoms with Gasteiger partial charge in [0.25, 0.3) is 0 Å². The predicted octanol–water partition coefficient (Wildman–Crippen LogP) is 4.39. The number of anilines is 2. The van der Waals surface area contributed by atoms with Crippen LogP contribution in [0.4, 0.5) is 11.4 Å². The highest BCUT2D eigenvalue weighted by Crippen LogP contribution is 2.21. The Balaban J connectivity index is 1.42. The highest BCUT2D eigenvalue weighted by Gasteiger charge is 2.20. The first-order chi connectivity index (χ1) is 15.4. The van der Waals surface area contributed by atoms with Gasteiger partial charge in [-0.2, -0.15) is 0 Å². The molecule has 0 aliphatic carbocycles. The highest BCUT2D eigenvalue weighted by molar-refractivity contribution is 8.00. The predicted molar refractivity (Wildman–Crippen MR) is 137 cm³/mol. The molecule has 1 aliphatic rings. The number of nitrogens with one attached hydrogen (secondary N) is 2. The van der Waals surface area contributed by atoms with Gasteiger partial charge in [0.1, 0.15) is 0 Å². The van der Waals surface area contributed by atoms with Gasteiger partial charge in [-0.3, -0.25) is 9.59 Å². The standard InChI is InChI=1S/C23H27ClN4O2S2/c1-2-3-22(30)28-14-12-27(13-15-28)19-8-6-18(7-9-19)25-23(31)26-21(29)16-32-20-10-4-17(24)5-11-20/h4-11H,2-3,12-16H2,1H3,(H2,25,26,29,31). The van der Waals surface area contributed by atoms with Crippen LogP contribution in [0.5, 0.6) is 0 Å². The van der Waals surface area contributed by atoms with Crippen LogP contribution in [-0.2, 0) is 9.59 Å². The third-order valence-corrected chi connectivity index (χ3v) is 6.49. The number of benzene rings is 2. The summed E-state index contributed by atoms with van der Waals surface area (Å²) in [5.74, 6) is 0.332. The lowest BCUT2D eigenvalue weighted by Gasteiger charge is -2.36. The third kappa shape index (κ3) is 7.39. The molecular formula is C23H27ClN4O2S2. The first-order valence-electron chi connectivity index (χ1n) is 10.6. The van der Waals surface area contributed by atoms with Gasteiger partial charge >= 0.3 is 0 Å². The van der Waals surface area contributed by atoms with Gasteiger partial charge in [0, 0.05) is 53.9 Å². The highest BCUT2D eigenvalue weighted by atomic mass is 35.5. The molecule has 6 nitrogen and oxygen atoms in total. The Labute approximate surface area is 203 Å². The summed E-state index contributed by atoms with van der Waals surface area (Å²) >= 11 is 12.5. The average Bonchev–Trinajstić information content (AvgIpc) is 2.79. The first kappa shape index (κ1) is 24.4. The van der Waals surface area contributed by atoms with Gasteiger partial charge in [0.15, 0.2) is 5.11 Å². The fourth-order valence-corrected chi connectivity index (χ4v) is 4.40. The van der Waals surface area contributed by atoms with E-state index in [0.29, 0.717) is 11.4 Å². The summed E-state index contributed by atoms with van der Waals surface area (Å²) in [6.07, 6.45) is 1.51. The van der Waals surface area contributed by atoms with Crippen LogP contribution >= 0.6 is 35.6 Å². The van der Waals surface area contributed by atoms with Crippen LogP contribution in [0, 0.1) is 0 Å². The fourth-order valence-electron chi connectivity index (χ4n) is 3.35. The molecule has 0 bridgehead atoms. The summed E-state index contributed by atoms with van der Waals surface area (Å²) in [5.41, 5.74) is 1.91. The molecule has 2 amide bonds. The summed E-state index contributed by atoms with van der Waals surface area (Å²) < 4.78 is 0. The van der Waals surface area contributed by atoms with Crippen molar-refractivity contribution in [2.45, 2.75) is 24.7 Å². The normalized spacial score (nSPS) is 13.6. The van der Waals surface area contributed by atoms with Gasteiger partial charge in [-0.15, -0.1) is 11.8 Å². The van der Waals surface area contributed by atoms with Crippen LogP contribution in [-0.4, -0.2) is 53.8 Å². The lowest BCUT2D eigenvalue weighted by Crippen LogP contribution is -2.48. The summed E-state index contributed by atoms with van der Waals surface area (Å²) in [4.78, 5) is 29.4. The van der Waals surface area contributed by atoms with Crippen LogP contribution in [0.25, 0.3) is 0 Å². The molecule has 1 fully saturated rings. The van der Waals surface area contributed by atoms with Gasteiger partial charge in [-0.05, 0) is 67.2 Å². The van der Waals surface area contributed by atoms with Crippen molar-refractivity contribution >= 4 is 63.9 Å². The topological polar surface area (TPSA) is 64.7 Å². The van der Waals surface area contributed by atoms with Crippen LogP contribution < -0.4 is 15.5 Å². The van der Waals surface area contributed by atoms with E-state index in [1.54, 1.807) is 12.1 Å². The zero-order valence-electron chi connectivity index (χ0n) is 18.0. The van der Waals surface area contributed by atoms with Crippen molar-refractivity contribution in [3.8, 4) is 0 Å². The van der Waals surface area contributed by atoms with Crippen molar-refractivity contribution in [2.75, 3.05) is 42.1 Å². The molecule has 0 spiro atoms. The summed E-state index contributed by atoms with van der Waals surface area (Å²) in [6, 6.07) is 15.3. The molecule has 32 heavy (non-hydrogen) atoms. The quantitative estimate of drug-likeness (QED) is 0.443. The van der Waals surface area contributed by atoms with Gasteiger partial charge in [0.05, 0.1) is 5.75 Å². The minimum Gasteiger partial charge on any atom is -0.368 e. The molecule has 1 heterocycles. The molecule has 2 aromatic carbocycles. The molecule has 3 rings (SSSR count). The fraction of sp³-hybridized carbons (Fsp3) is 0.348. The van der Waals surface area contributed by atoms with Gasteiger partial charge in [-0.25, -0.2) is 0 Å². The molecule has 2 N–H and O–H groups in total. The van der Waals surface area contributed by atoms with Crippen molar-refractivity contribution in [1.82, 2.24) is 10.2 Å². The number of carbonyl (C=O) groups is 2. The van der Waals surface area contributed by atoms with Crippen molar-refractivity contribution in [2.24, 2.45) is 0 Å². The van der Waals surface area contributed by atoms with Crippen LogP contribution in [0.15, 0.2) is 53.4 Å². The van der Waals surface area contributed by atoms with Crippen molar-refractivity contribution < 1.29 is 9.59 Å². The van der Waals surface area contributed by atoms with Crippen molar-refractivity contribution in [3.05, 3.63) is 53.6 Å². The molecule has 1 saturated heterocycles. The molecule has 0 radical (unpaired) electrons. The van der Waals surface area contributed by atoms with E-state index in [9.17, 15) is 9.59 Å². The zero-order valence-corrected chi connectivity index (χ0v) is 20.4. The third-order valence-electron chi connectivity index (χ3n) is 5.02. The molecule has 1 aliphatic heterocycles. The number of rotatable bonds is 7. The minimum atomic E-state index is -0.172. The molecule has 170 valence electrons. The number of amides is 2. The monoisotopic (exact) mass is 490 g/mol. The molecule has 0 saturated carbocycles. The Hall–Kier alpha value is -2.29. The lowest BCUT2D eigenvalue weighted by atomic mass is 10.2. The van der Waals surface area contributed by atoms with E-state index in [2.05, 4.69) is 15.5 Å².